The average Bonchev–Trinajstić information content (AvgIpc) is 3.17. The predicted molar refractivity (Wildman–Crippen MR) is 107 cm³/mol. The fraction of sp³-hybridized carbons (Fsp3) is 0.273. The maximum atomic E-state index is 12.7. The van der Waals surface area contributed by atoms with E-state index in [1.165, 1.54) is 21.4 Å². The fourth-order valence-electron chi connectivity index (χ4n) is 3.64. The number of aryl methyl sites for hydroxylation is 2. The van der Waals surface area contributed by atoms with Crippen molar-refractivity contribution in [2.75, 3.05) is 11.4 Å². The lowest BCUT2D eigenvalue weighted by molar-refractivity contribution is -0.121. The number of H-pyrrole nitrogens is 1. The maximum absolute atomic E-state index is 12.7. The van der Waals surface area contributed by atoms with E-state index in [9.17, 15) is 9.59 Å². The van der Waals surface area contributed by atoms with E-state index < -0.39 is 6.04 Å². The van der Waals surface area contributed by atoms with Crippen LogP contribution >= 0.6 is 0 Å². The van der Waals surface area contributed by atoms with Crippen LogP contribution in [0.5, 0.6) is 0 Å². The molecule has 1 aliphatic rings. The van der Waals surface area contributed by atoms with Crippen molar-refractivity contribution in [1.29, 1.82) is 0 Å². The van der Waals surface area contributed by atoms with Crippen LogP contribution in [0.1, 0.15) is 23.1 Å². The van der Waals surface area contributed by atoms with Crippen molar-refractivity contribution in [2.45, 2.75) is 32.7 Å². The van der Waals surface area contributed by atoms with E-state index in [-0.39, 0.29) is 18.2 Å². The van der Waals surface area contributed by atoms with Gasteiger partial charge in [0.25, 0.3) is 5.91 Å². The quantitative estimate of drug-likeness (QED) is 0.686. The zero-order chi connectivity index (χ0) is 19.0. The minimum absolute atomic E-state index is 0.149. The van der Waals surface area contributed by atoms with Gasteiger partial charge in [-0.25, -0.2) is 4.90 Å². The van der Waals surface area contributed by atoms with Gasteiger partial charge in [-0.3, -0.25) is 9.59 Å². The SMILES string of the molecule is Cc1ccc(N2C(=O)C[C@@H](NCCc3c[nH]c4ccc(C)cc34)C2=O)cc1. The second-order valence-corrected chi connectivity index (χ2v) is 7.23. The molecule has 1 fully saturated rings. The van der Waals surface area contributed by atoms with E-state index in [4.69, 9.17) is 0 Å². The van der Waals surface area contributed by atoms with Crippen LogP contribution in [-0.2, 0) is 16.0 Å². The van der Waals surface area contributed by atoms with Crippen molar-refractivity contribution < 1.29 is 9.59 Å². The van der Waals surface area contributed by atoms with Crippen molar-refractivity contribution in [3.8, 4) is 0 Å². The highest BCUT2D eigenvalue weighted by atomic mass is 16.2. The Morgan fingerprint density at radius 1 is 1.07 bits per heavy atom. The van der Waals surface area contributed by atoms with Crippen molar-refractivity contribution in [3.63, 3.8) is 0 Å². The average molecular weight is 361 g/mol. The fourth-order valence-corrected chi connectivity index (χ4v) is 3.64. The topological polar surface area (TPSA) is 65.2 Å². The smallest absolute Gasteiger partial charge is 0.251 e. The third-order valence-corrected chi connectivity index (χ3v) is 5.15. The Kier molecular flexibility index (Phi) is 4.54. The number of aromatic amines is 1. The molecule has 0 aliphatic carbocycles. The molecule has 0 bridgehead atoms. The molecule has 1 saturated heterocycles. The van der Waals surface area contributed by atoms with Gasteiger partial charge in [0.2, 0.25) is 5.91 Å². The zero-order valence-corrected chi connectivity index (χ0v) is 15.6. The number of aromatic nitrogens is 1. The number of nitrogens with one attached hydrogen (secondary N) is 2. The molecule has 0 unspecified atom stereocenters. The lowest BCUT2D eigenvalue weighted by Crippen LogP contribution is -2.39. The third-order valence-electron chi connectivity index (χ3n) is 5.15. The van der Waals surface area contributed by atoms with Gasteiger partial charge in [-0.15, -0.1) is 0 Å². The van der Waals surface area contributed by atoms with Crippen molar-refractivity contribution in [3.05, 3.63) is 65.4 Å². The van der Waals surface area contributed by atoms with E-state index in [2.05, 4.69) is 35.4 Å². The Morgan fingerprint density at radius 3 is 2.59 bits per heavy atom. The molecular weight excluding hydrogens is 338 g/mol. The first-order valence-corrected chi connectivity index (χ1v) is 9.26. The predicted octanol–water partition coefficient (Wildman–Crippen LogP) is 3.25. The van der Waals surface area contributed by atoms with Crippen LogP contribution in [0.15, 0.2) is 48.7 Å². The Morgan fingerprint density at radius 2 is 1.81 bits per heavy atom. The summed E-state index contributed by atoms with van der Waals surface area (Å²) in [5.41, 5.74) is 5.30. The van der Waals surface area contributed by atoms with Crippen LogP contribution in [0.4, 0.5) is 5.69 Å². The lowest BCUT2D eigenvalue weighted by Gasteiger charge is -2.15. The van der Waals surface area contributed by atoms with Gasteiger partial charge in [-0.05, 0) is 50.1 Å². The minimum atomic E-state index is -0.453. The van der Waals surface area contributed by atoms with Crippen LogP contribution in [0.25, 0.3) is 10.9 Å². The number of hydrogen-bond acceptors (Lipinski definition) is 3. The first kappa shape index (κ1) is 17.5. The van der Waals surface area contributed by atoms with E-state index in [1.807, 2.05) is 37.4 Å². The number of carbonyl (C=O) groups is 2. The number of rotatable bonds is 5. The molecule has 2 heterocycles. The highest BCUT2D eigenvalue weighted by Crippen LogP contribution is 2.24. The van der Waals surface area contributed by atoms with Gasteiger partial charge in [0, 0.05) is 23.6 Å². The number of hydrogen-bond donors (Lipinski definition) is 2. The van der Waals surface area contributed by atoms with Crippen molar-refractivity contribution in [2.24, 2.45) is 0 Å². The molecule has 1 atom stereocenters. The lowest BCUT2D eigenvalue weighted by atomic mass is 10.1. The summed E-state index contributed by atoms with van der Waals surface area (Å²) >= 11 is 0. The third kappa shape index (κ3) is 3.38. The standard InChI is InChI=1S/C22H23N3O2/c1-14-3-6-17(7-4-14)25-21(26)12-20(22(25)27)23-10-9-16-13-24-19-8-5-15(2)11-18(16)19/h3-8,11,13,20,23-24H,9-10,12H2,1-2H3/t20-/m1/s1. The Labute approximate surface area is 158 Å². The number of anilines is 1. The summed E-state index contributed by atoms with van der Waals surface area (Å²) in [5.74, 6) is -0.317. The molecule has 0 radical (unpaired) electrons. The summed E-state index contributed by atoms with van der Waals surface area (Å²) in [6, 6.07) is 13.4. The highest BCUT2D eigenvalue weighted by Gasteiger charge is 2.39. The number of carbonyl (C=O) groups excluding carboxylic acids is 2. The number of imide groups is 1. The molecule has 2 N–H and O–H groups in total. The van der Waals surface area contributed by atoms with E-state index in [0.29, 0.717) is 12.2 Å². The second-order valence-electron chi connectivity index (χ2n) is 7.23. The Balaban J connectivity index is 1.41. The summed E-state index contributed by atoms with van der Waals surface area (Å²) in [6.45, 7) is 4.71. The van der Waals surface area contributed by atoms with Gasteiger partial charge in [0.1, 0.15) is 0 Å². The summed E-state index contributed by atoms with van der Waals surface area (Å²) in [5, 5.41) is 4.48. The molecule has 3 aromatic rings. The van der Waals surface area contributed by atoms with Gasteiger partial charge in [-0.1, -0.05) is 29.3 Å². The summed E-state index contributed by atoms with van der Waals surface area (Å²) in [4.78, 5) is 29.6. The Bertz CT molecular complexity index is 1000. The number of benzene rings is 2. The van der Waals surface area contributed by atoms with Crippen LogP contribution < -0.4 is 10.2 Å². The van der Waals surface area contributed by atoms with Gasteiger partial charge in [-0.2, -0.15) is 0 Å². The van der Waals surface area contributed by atoms with E-state index in [1.54, 1.807) is 0 Å². The minimum Gasteiger partial charge on any atom is -0.361 e. The molecule has 27 heavy (non-hydrogen) atoms. The molecule has 0 spiro atoms. The Hall–Kier alpha value is -2.92. The van der Waals surface area contributed by atoms with E-state index in [0.717, 1.165) is 17.5 Å². The first-order valence-electron chi connectivity index (χ1n) is 9.26. The number of nitrogens with zero attached hydrogens (tertiary/aromatic N) is 1. The second kappa shape index (κ2) is 7.00. The molecule has 5 heteroatoms. The highest BCUT2D eigenvalue weighted by molar-refractivity contribution is 6.22. The van der Waals surface area contributed by atoms with Crippen LogP contribution in [0.2, 0.25) is 0 Å². The maximum Gasteiger partial charge on any atom is 0.251 e. The summed E-state index contributed by atoms with van der Waals surface area (Å²) in [7, 11) is 0. The first-order chi connectivity index (χ1) is 13.0. The monoisotopic (exact) mass is 361 g/mol. The summed E-state index contributed by atoms with van der Waals surface area (Å²) < 4.78 is 0. The van der Waals surface area contributed by atoms with Gasteiger partial charge < -0.3 is 10.3 Å². The van der Waals surface area contributed by atoms with Crippen LogP contribution in [-0.4, -0.2) is 29.4 Å². The van der Waals surface area contributed by atoms with E-state index >= 15 is 0 Å². The molecule has 0 saturated carbocycles. The van der Waals surface area contributed by atoms with Gasteiger partial charge >= 0.3 is 0 Å². The molecule has 2 aromatic carbocycles. The van der Waals surface area contributed by atoms with Crippen LogP contribution in [0.3, 0.4) is 0 Å². The number of amides is 2. The molecule has 138 valence electrons. The molecule has 1 aromatic heterocycles. The molecule has 4 rings (SSSR count). The summed E-state index contributed by atoms with van der Waals surface area (Å²) in [6.07, 6.45) is 3.03. The molecular formula is C22H23N3O2. The van der Waals surface area contributed by atoms with Crippen molar-refractivity contribution >= 4 is 28.4 Å². The molecule has 2 amide bonds. The molecule has 1 aliphatic heterocycles. The zero-order valence-electron chi connectivity index (χ0n) is 15.6. The molecule has 5 nitrogen and oxygen atoms in total. The largest absolute Gasteiger partial charge is 0.361 e. The van der Waals surface area contributed by atoms with Crippen LogP contribution in [0, 0.1) is 13.8 Å². The normalized spacial score (nSPS) is 17.3. The number of fused-ring (bicyclic) bond motifs is 1. The van der Waals surface area contributed by atoms with Gasteiger partial charge in [0.15, 0.2) is 0 Å². The van der Waals surface area contributed by atoms with Crippen molar-refractivity contribution in [1.82, 2.24) is 10.3 Å². The van der Waals surface area contributed by atoms with Gasteiger partial charge in [0.05, 0.1) is 18.2 Å².